The highest BCUT2D eigenvalue weighted by atomic mass is 16.6. The standard InChI is InChI=1S/C33H44N6O6/c1-33(2,3)45-32(42)38-15-17-39(18-16-38)36-30(40)24-11-9-22(10-12-24)21-44-28-8-6-7-25(29(28)43-5)20-34-31(41)27-19-26(23-13-14-23)35-37(27)4/h6-12,19,23,30,36,40H,13-18,20-21H2,1-5H3,(H,34,41). The summed E-state index contributed by atoms with van der Waals surface area (Å²) >= 11 is 0. The van der Waals surface area contributed by atoms with Crippen molar-refractivity contribution in [3.8, 4) is 11.5 Å². The van der Waals surface area contributed by atoms with E-state index in [2.05, 4.69) is 15.8 Å². The van der Waals surface area contributed by atoms with E-state index in [1.54, 1.807) is 23.7 Å². The number of para-hydroxylation sites is 1. The molecule has 0 bridgehead atoms. The van der Waals surface area contributed by atoms with Crippen LogP contribution in [0.1, 0.15) is 78.6 Å². The molecule has 12 heteroatoms. The number of aromatic nitrogens is 2. The van der Waals surface area contributed by atoms with Gasteiger partial charge in [0.1, 0.15) is 24.1 Å². The van der Waals surface area contributed by atoms with Gasteiger partial charge in [-0.25, -0.2) is 15.2 Å². The maximum atomic E-state index is 12.9. The first-order chi connectivity index (χ1) is 21.5. The first-order valence-electron chi connectivity index (χ1n) is 15.4. The first kappa shape index (κ1) is 32.3. The van der Waals surface area contributed by atoms with E-state index >= 15 is 0 Å². The van der Waals surface area contributed by atoms with Crippen molar-refractivity contribution in [1.82, 2.24) is 30.4 Å². The number of ether oxygens (including phenoxy) is 3. The predicted molar refractivity (Wildman–Crippen MR) is 168 cm³/mol. The predicted octanol–water partition coefficient (Wildman–Crippen LogP) is 3.86. The Morgan fingerprint density at radius 2 is 1.78 bits per heavy atom. The summed E-state index contributed by atoms with van der Waals surface area (Å²) in [6.07, 6.45) is 1.04. The topological polar surface area (TPSA) is 130 Å². The van der Waals surface area contributed by atoms with Crippen LogP contribution in [0.5, 0.6) is 11.5 Å². The molecule has 2 amide bonds. The molecule has 2 fully saturated rings. The number of hydrogen-bond donors (Lipinski definition) is 3. The van der Waals surface area contributed by atoms with Gasteiger partial charge in [-0.2, -0.15) is 5.10 Å². The Bertz CT molecular complexity index is 1470. The van der Waals surface area contributed by atoms with Gasteiger partial charge in [-0.3, -0.25) is 9.48 Å². The molecule has 1 unspecified atom stereocenters. The Hall–Kier alpha value is -4.13. The van der Waals surface area contributed by atoms with Crippen LogP contribution >= 0.6 is 0 Å². The molecule has 3 aromatic rings. The molecular formula is C33H44N6O6. The number of aliphatic hydroxyl groups is 1. The fourth-order valence-corrected chi connectivity index (χ4v) is 5.14. The molecule has 1 aliphatic heterocycles. The number of amides is 2. The van der Waals surface area contributed by atoms with Gasteiger partial charge in [-0.1, -0.05) is 36.4 Å². The molecule has 2 aliphatic rings. The van der Waals surface area contributed by atoms with Gasteiger partial charge < -0.3 is 29.5 Å². The van der Waals surface area contributed by atoms with Crippen molar-refractivity contribution in [1.29, 1.82) is 0 Å². The van der Waals surface area contributed by atoms with E-state index < -0.39 is 11.8 Å². The SMILES string of the molecule is COc1c(CNC(=O)c2cc(C3CC3)nn2C)cccc1OCc1ccc(C(O)NN2CCN(C(=O)OC(C)(C)C)CC2)cc1. The van der Waals surface area contributed by atoms with Crippen LogP contribution in [0.2, 0.25) is 0 Å². The zero-order valence-corrected chi connectivity index (χ0v) is 26.7. The third kappa shape index (κ3) is 8.53. The summed E-state index contributed by atoms with van der Waals surface area (Å²) in [5.74, 6) is 1.41. The van der Waals surface area contributed by atoms with Crippen LogP contribution in [-0.4, -0.2) is 75.7 Å². The second-order valence-corrected chi connectivity index (χ2v) is 12.5. The van der Waals surface area contributed by atoms with E-state index in [9.17, 15) is 14.7 Å². The van der Waals surface area contributed by atoms with Crippen LogP contribution in [0.15, 0.2) is 48.5 Å². The van der Waals surface area contributed by atoms with E-state index in [1.165, 1.54) is 0 Å². The van der Waals surface area contributed by atoms with Gasteiger partial charge in [0.05, 0.1) is 12.8 Å². The molecule has 3 N–H and O–H groups in total. The lowest BCUT2D eigenvalue weighted by Crippen LogP contribution is -2.54. The zero-order chi connectivity index (χ0) is 32.1. The summed E-state index contributed by atoms with van der Waals surface area (Å²) in [6.45, 7) is 8.27. The van der Waals surface area contributed by atoms with Crippen LogP contribution in [0, 0.1) is 0 Å². The van der Waals surface area contributed by atoms with Crippen molar-refractivity contribution < 1.29 is 28.9 Å². The number of carbonyl (C=O) groups excluding carboxylic acids is 2. The Morgan fingerprint density at radius 1 is 1.07 bits per heavy atom. The van der Waals surface area contributed by atoms with Gasteiger partial charge in [0.25, 0.3) is 5.91 Å². The quantitative estimate of drug-likeness (QED) is 0.274. The molecule has 1 saturated carbocycles. The minimum Gasteiger partial charge on any atom is -0.493 e. The van der Waals surface area contributed by atoms with E-state index in [1.807, 2.05) is 74.3 Å². The number of rotatable bonds is 11. The molecule has 242 valence electrons. The first-order valence-corrected chi connectivity index (χ1v) is 15.4. The Kier molecular flexibility index (Phi) is 9.96. The molecule has 2 aromatic carbocycles. The largest absolute Gasteiger partial charge is 0.493 e. The third-order valence-corrected chi connectivity index (χ3v) is 7.76. The van der Waals surface area contributed by atoms with Gasteiger partial charge in [0, 0.05) is 51.3 Å². The van der Waals surface area contributed by atoms with Crippen molar-refractivity contribution in [2.24, 2.45) is 7.05 Å². The summed E-state index contributed by atoms with van der Waals surface area (Å²) in [5.41, 5.74) is 6.51. The number of methoxy groups -OCH3 is 1. The van der Waals surface area contributed by atoms with Gasteiger partial charge in [0.15, 0.2) is 11.5 Å². The van der Waals surface area contributed by atoms with Crippen molar-refractivity contribution in [2.75, 3.05) is 33.3 Å². The molecule has 5 rings (SSSR count). The average Bonchev–Trinajstić information content (AvgIpc) is 3.79. The van der Waals surface area contributed by atoms with E-state index in [0.717, 1.165) is 29.7 Å². The lowest BCUT2D eigenvalue weighted by molar-refractivity contribution is -0.0127. The number of benzene rings is 2. The molecule has 2 heterocycles. The fourth-order valence-electron chi connectivity index (χ4n) is 5.14. The zero-order valence-electron chi connectivity index (χ0n) is 26.7. The number of nitrogens with zero attached hydrogens (tertiary/aromatic N) is 4. The summed E-state index contributed by atoms with van der Waals surface area (Å²) in [5, 5.41) is 20.1. The van der Waals surface area contributed by atoms with Gasteiger partial charge in [-0.15, -0.1) is 0 Å². The van der Waals surface area contributed by atoms with E-state index in [0.29, 0.717) is 61.5 Å². The number of piperazine rings is 1. The third-order valence-electron chi connectivity index (χ3n) is 7.76. The van der Waals surface area contributed by atoms with Crippen molar-refractivity contribution in [3.05, 3.63) is 76.6 Å². The monoisotopic (exact) mass is 620 g/mol. The number of hydrogen-bond acceptors (Lipinski definition) is 9. The molecule has 0 radical (unpaired) electrons. The van der Waals surface area contributed by atoms with Gasteiger partial charge in [0.2, 0.25) is 0 Å². The number of nitrogens with one attached hydrogen (secondary N) is 2. The summed E-state index contributed by atoms with van der Waals surface area (Å²) < 4.78 is 18.9. The lowest BCUT2D eigenvalue weighted by atomic mass is 10.1. The summed E-state index contributed by atoms with van der Waals surface area (Å²) in [7, 11) is 3.37. The molecule has 1 aliphatic carbocycles. The van der Waals surface area contributed by atoms with Gasteiger partial charge >= 0.3 is 6.09 Å². The highest BCUT2D eigenvalue weighted by Gasteiger charge is 2.29. The minimum atomic E-state index is -0.897. The van der Waals surface area contributed by atoms with Crippen molar-refractivity contribution in [2.45, 2.75) is 64.5 Å². The summed E-state index contributed by atoms with van der Waals surface area (Å²) in [6, 6.07) is 15.0. The highest BCUT2D eigenvalue weighted by Crippen LogP contribution is 2.39. The Morgan fingerprint density at radius 3 is 2.42 bits per heavy atom. The Balaban J connectivity index is 1.10. The van der Waals surface area contributed by atoms with Crippen LogP contribution in [-0.2, 0) is 24.9 Å². The number of carbonyl (C=O) groups is 2. The molecule has 1 saturated heterocycles. The number of aliphatic hydroxyl groups excluding tert-OH is 1. The number of aryl methyl sites for hydroxylation is 1. The smallest absolute Gasteiger partial charge is 0.410 e. The van der Waals surface area contributed by atoms with Crippen LogP contribution < -0.4 is 20.2 Å². The maximum absolute atomic E-state index is 12.9. The van der Waals surface area contributed by atoms with Crippen molar-refractivity contribution in [3.63, 3.8) is 0 Å². The van der Waals surface area contributed by atoms with Crippen LogP contribution in [0.4, 0.5) is 4.79 Å². The van der Waals surface area contributed by atoms with E-state index in [4.69, 9.17) is 14.2 Å². The molecule has 0 spiro atoms. The second-order valence-electron chi connectivity index (χ2n) is 12.5. The van der Waals surface area contributed by atoms with Crippen LogP contribution in [0.3, 0.4) is 0 Å². The fraction of sp³-hybridized carbons (Fsp3) is 0.485. The Labute approximate surface area is 264 Å². The number of hydrazine groups is 1. The van der Waals surface area contributed by atoms with E-state index in [-0.39, 0.29) is 18.5 Å². The summed E-state index contributed by atoms with van der Waals surface area (Å²) in [4.78, 5) is 26.9. The van der Waals surface area contributed by atoms with Crippen molar-refractivity contribution >= 4 is 12.0 Å². The van der Waals surface area contributed by atoms with Gasteiger partial charge in [-0.05, 0) is 56.9 Å². The molecule has 1 atom stereocenters. The molecular weight excluding hydrogens is 576 g/mol. The highest BCUT2D eigenvalue weighted by molar-refractivity contribution is 5.92. The average molecular weight is 621 g/mol. The second kappa shape index (κ2) is 13.9. The van der Waals surface area contributed by atoms with Crippen LogP contribution in [0.25, 0.3) is 0 Å². The maximum Gasteiger partial charge on any atom is 0.410 e. The minimum absolute atomic E-state index is 0.190. The molecule has 12 nitrogen and oxygen atoms in total. The molecule has 1 aromatic heterocycles. The normalized spacial score (nSPS) is 16.3. The molecule has 45 heavy (non-hydrogen) atoms. The lowest BCUT2D eigenvalue weighted by Gasteiger charge is -2.36.